The molecular formula is C48H33BF12O2S. The predicted octanol–water partition coefficient (Wildman–Crippen LogP) is 11.6. The fourth-order valence-electron chi connectivity index (χ4n) is 7.47. The van der Waals surface area contributed by atoms with E-state index in [9.17, 15) is 61.7 Å². The zero-order chi connectivity index (χ0) is 46.6. The number of benzene rings is 7. The molecule has 0 amide bonds. The van der Waals surface area contributed by atoms with Crippen molar-refractivity contribution in [1.82, 2.24) is 0 Å². The molecule has 0 aromatic heterocycles. The molecule has 64 heavy (non-hydrogen) atoms. The van der Waals surface area contributed by atoms with E-state index in [1.54, 1.807) is 12.1 Å². The summed E-state index contributed by atoms with van der Waals surface area (Å²) in [7, 11) is -2.64. The summed E-state index contributed by atoms with van der Waals surface area (Å²) in [6, 6.07) is 41.1. The summed E-state index contributed by atoms with van der Waals surface area (Å²) in [5.41, 5.74) is -3.70. The van der Waals surface area contributed by atoms with Gasteiger partial charge in [0.05, 0.1) is 22.3 Å². The summed E-state index contributed by atoms with van der Waals surface area (Å²) < 4.78 is 174. The van der Waals surface area contributed by atoms with E-state index < -0.39 is 63.0 Å². The van der Waals surface area contributed by atoms with Crippen molar-refractivity contribution >= 4 is 43.7 Å². The summed E-state index contributed by atoms with van der Waals surface area (Å²) in [5.74, 6) is -0.131. The summed E-state index contributed by atoms with van der Waals surface area (Å²) in [6.07, 6.45) is -22.0. The molecule has 7 aromatic carbocycles. The van der Waals surface area contributed by atoms with E-state index >= 15 is 0 Å². The Bertz CT molecular complexity index is 2400. The van der Waals surface area contributed by atoms with Gasteiger partial charge in [0.25, 0.3) is 0 Å². The van der Waals surface area contributed by atoms with Crippen molar-refractivity contribution < 1.29 is 61.7 Å². The first-order valence-electron chi connectivity index (χ1n) is 19.1. The fourth-order valence-corrected chi connectivity index (χ4v) is 9.81. The van der Waals surface area contributed by atoms with E-state index in [0.717, 1.165) is 48.5 Å². The lowest BCUT2D eigenvalue weighted by atomic mass is 9.13. The summed E-state index contributed by atoms with van der Waals surface area (Å²) >= 11 is 0. The molecule has 0 atom stereocenters. The number of ketones is 1. The Morgan fingerprint density at radius 3 is 0.828 bits per heavy atom. The van der Waals surface area contributed by atoms with E-state index in [2.05, 4.69) is 0 Å². The molecule has 16 heteroatoms. The average Bonchev–Trinajstić information content (AvgIpc) is 3.27. The van der Waals surface area contributed by atoms with Crippen LogP contribution in [-0.2, 0) is 38.8 Å². The van der Waals surface area contributed by atoms with Crippen LogP contribution in [-0.4, -0.2) is 17.7 Å². The van der Waals surface area contributed by atoms with Gasteiger partial charge in [-0.3, -0.25) is 4.79 Å². The molecule has 0 spiro atoms. The first kappa shape index (κ1) is 47.1. The Balaban J connectivity index is 0.000000249. The molecule has 0 radical (unpaired) electrons. The van der Waals surface area contributed by atoms with E-state index in [0.29, 0.717) is 63.9 Å². The van der Waals surface area contributed by atoms with Gasteiger partial charge in [0.2, 0.25) is 5.78 Å². The van der Waals surface area contributed by atoms with E-state index in [4.69, 9.17) is 0 Å². The van der Waals surface area contributed by atoms with Crippen LogP contribution in [0.15, 0.2) is 198 Å². The molecule has 0 aliphatic heterocycles. The number of Topliss-reactive ketones (excluding diaryl/α,β-unsaturated/α-hetero) is 1. The van der Waals surface area contributed by atoms with Crippen molar-refractivity contribution in [3.8, 4) is 0 Å². The molecule has 0 bridgehead atoms. The van der Waals surface area contributed by atoms with Crippen LogP contribution >= 0.6 is 0 Å². The van der Waals surface area contributed by atoms with Crippen molar-refractivity contribution in [3.05, 3.63) is 216 Å². The van der Waals surface area contributed by atoms with E-state index in [1.165, 1.54) is 0 Å². The van der Waals surface area contributed by atoms with Crippen LogP contribution in [0, 0.1) is 0 Å². The monoisotopic (exact) mass is 912 g/mol. The average molecular weight is 913 g/mol. The molecule has 0 heterocycles. The first-order chi connectivity index (χ1) is 30.0. The molecule has 0 aliphatic rings. The predicted molar refractivity (Wildman–Crippen MR) is 223 cm³/mol. The van der Waals surface area contributed by atoms with Gasteiger partial charge >= 0.3 is 24.7 Å². The molecule has 0 N–H and O–H groups in total. The maximum atomic E-state index is 13.8. The van der Waals surface area contributed by atoms with Gasteiger partial charge in [0.15, 0.2) is 25.5 Å². The Hall–Kier alpha value is -6.42. The van der Waals surface area contributed by atoms with Gasteiger partial charge in [-0.05, 0) is 24.3 Å². The number of halogens is 12. The van der Waals surface area contributed by atoms with Crippen molar-refractivity contribution in [2.75, 3.05) is 5.75 Å². The summed E-state index contributed by atoms with van der Waals surface area (Å²) in [4.78, 5) is 14.0. The topological polar surface area (TPSA) is 34.1 Å². The van der Waals surface area contributed by atoms with Gasteiger partial charge in [0, 0.05) is 5.56 Å². The molecule has 0 saturated carbocycles. The van der Waals surface area contributed by atoms with Crippen molar-refractivity contribution in [1.29, 1.82) is 0 Å². The van der Waals surface area contributed by atoms with Crippen molar-refractivity contribution in [3.63, 3.8) is 0 Å². The van der Waals surface area contributed by atoms with Crippen LogP contribution in [0.3, 0.4) is 0 Å². The molecular weight excluding hydrogens is 879 g/mol. The van der Waals surface area contributed by atoms with Gasteiger partial charge in [-0.15, -0.1) is 0 Å². The smallest absolute Gasteiger partial charge is 0.289 e. The third-order valence-corrected chi connectivity index (χ3v) is 13.4. The summed E-state index contributed by atoms with van der Waals surface area (Å²) in [6.45, 7) is 0. The molecule has 0 saturated heterocycles. The number of alkyl halides is 12. The minimum Gasteiger partial charge on any atom is -0.289 e. The Kier molecular flexibility index (Phi) is 13.5. The lowest BCUT2D eigenvalue weighted by Gasteiger charge is -2.44. The van der Waals surface area contributed by atoms with Gasteiger partial charge in [-0.2, -0.15) is 74.5 Å². The molecule has 0 aliphatic carbocycles. The maximum absolute atomic E-state index is 13.8. The number of carbonyl (C=O) groups excluding carboxylic acids is 1. The van der Waals surface area contributed by atoms with Gasteiger partial charge in [0.1, 0.15) is 6.15 Å². The molecule has 2 nitrogen and oxygen atoms in total. The SMILES string of the molecule is FC(F)(F)c1ccc([B-](c2ccc(C(F)(F)F)cc2)(c2ccc(C(F)(F)F)cc2)c2ccc(C(F)(F)F)cc2)cc1.O=C(C[S+](=O)(c1ccccc1)c1ccccc1)c1ccccc1. The normalized spacial score (nSPS) is 12.6. The number of rotatable bonds is 9. The number of carbonyl (C=O) groups is 1. The van der Waals surface area contributed by atoms with E-state index in [-0.39, 0.29) is 33.4 Å². The van der Waals surface area contributed by atoms with Crippen LogP contribution in [0.4, 0.5) is 52.7 Å². The standard InChI is InChI=1S/C28H16BF12.C20H17O2S/c30-25(31,32)17-1-9-21(10-2-17)29(22-11-3-18(4-12-22)26(33,34)35,23-13-5-19(6-14-23)27(36,37)38)24-15-7-20(8-16-24)28(39,40)41;21-20(17-10-4-1-5-11-17)16-23(22,18-12-6-2-7-13-18)19-14-8-3-9-15-19/h1-16H;1-15H,16H2/q-1;+1. The minimum atomic E-state index is -4.77. The fraction of sp³-hybridized carbons (Fsp3) is 0.104. The Morgan fingerprint density at radius 1 is 0.359 bits per heavy atom. The Labute approximate surface area is 360 Å². The number of hydrogen-bond donors (Lipinski definition) is 0. The highest BCUT2D eigenvalue weighted by atomic mass is 32.2. The minimum absolute atomic E-state index is 0.0114. The van der Waals surface area contributed by atoms with Crippen LogP contribution in [0.1, 0.15) is 32.6 Å². The zero-order valence-corrected chi connectivity index (χ0v) is 33.8. The largest absolute Gasteiger partial charge is 0.416 e. The zero-order valence-electron chi connectivity index (χ0n) is 32.9. The molecule has 7 rings (SSSR count). The van der Waals surface area contributed by atoms with Crippen LogP contribution < -0.4 is 21.9 Å². The maximum Gasteiger partial charge on any atom is 0.416 e. The highest BCUT2D eigenvalue weighted by Gasteiger charge is 2.39. The van der Waals surface area contributed by atoms with Crippen molar-refractivity contribution in [2.45, 2.75) is 34.5 Å². The molecule has 330 valence electrons. The highest BCUT2D eigenvalue weighted by molar-refractivity contribution is 8.03. The van der Waals surface area contributed by atoms with Crippen molar-refractivity contribution in [2.24, 2.45) is 0 Å². The first-order valence-corrected chi connectivity index (χ1v) is 20.8. The highest BCUT2D eigenvalue weighted by Crippen LogP contribution is 2.33. The molecule has 0 unspecified atom stereocenters. The lowest BCUT2D eigenvalue weighted by Crippen LogP contribution is -2.74. The molecule has 0 fully saturated rings. The molecule has 7 aromatic rings. The van der Waals surface area contributed by atoms with E-state index in [1.807, 2.05) is 78.9 Å². The van der Waals surface area contributed by atoms with Crippen LogP contribution in [0.2, 0.25) is 0 Å². The van der Waals surface area contributed by atoms with Crippen LogP contribution in [0.5, 0.6) is 0 Å². The summed E-state index contributed by atoms with van der Waals surface area (Å²) in [5, 5.41) is 0. The third kappa shape index (κ3) is 10.3. The Morgan fingerprint density at radius 2 is 0.594 bits per heavy atom. The lowest BCUT2D eigenvalue weighted by molar-refractivity contribution is -0.138. The van der Waals surface area contributed by atoms with Crippen LogP contribution in [0.25, 0.3) is 0 Å². The quantitative estimate of drug-likeness (QED) is 0.0626. The van der Waals surface area contributed by atoms with Gasteiger partial charge < -0.3 is 0 Å². The third-order valence-electron chi connectivity index (χ3n) is 10.6. The van der Waals surface area contributed by atoms with Gasteiger partial charge in [-0.25, -0.2) is 0 Å². The second kappa shape index (κ2) is 18.4. The number of hydrogen-bond acceptors (Lipinski definition) is 2. The second-order valence-corrected chi connectivity index (χ2v) is 17.2. The van der Waals surface area contributed by atoms with Gasteiger partial charge in [-0.1, -0.05) is 168 Å². The second-order valence-electron chi connectivity index (χ2n) is 14.6.